The highest BCUT2D eigenvalue weighted by Crippen LogP contribution is 2.18. The molecular formula is C14H31N3O. The maximum Gasteiger partial charge on any atom is 0.0767 e. The Bertz CT molecular complexity index is 231. The normalized spacial score (nSPS) is 30.3. The molecule has 1 aliphatic rings. The summed E-state index contributed by atoms with van der Waals surface area (Å²) in [6.45, 7) is 10.3. The third-order valence-corrected chi connectivity index (χ3v) is 4.59. The van der Waals surface area contributed by atoms with E-state index in [2.05, 4.69) is 30.7 Å². The van der Waals surface area contributed by atoms with E-state index in [1.165, 1.54) is 0 Å². The molecule has 0 aromatic heterocycles. The SMILES string of the molecule is CCC(O)(CN)CCCN1CC(C)N(C)C(C)C1. The molecule has 3 unspecified atom stereocenters. The molecule has 18 heavy (non-hydrogen) atoms. The van der Waals surface area contributed by atoms with Gasteiger partial charge in [0.1, 0.15) is 0 Å². The van der Waals surface area contributed by atoms with Crippen molar-refractivity contribution >= 4 is 0 Å². The summed E-state index contributed by atoms with van der Waals surface area (Å²) in [6, 6.07) is 1.24. The van der Waals surface area contributed by atoms with Crippen LogP contribution in [0.15, 0.2) is 0 Å². The Morgan fingerprint density at radius 3 is 2.28 bits per heavy atom. The summed E-state index contributed by atoms with van der Waals surface area (Å²) in [5, 5.41) is 10.2. The minimum absolute atomic E-state index is 0.374. The fraction of sp³-hybridized carbons (Fsp3) is 1.00. The first kappa shape index (κ1) is 15.9. The molecule has 4 heteroatoms. The van der Waals surface area contributed by atoms with Gasteiger partial charge in [-0.05, 0) is 46.7 Å². The summed E-state index contributed by atoms with van der Waals surface area (Å²) in [7, 11) is 2.21. The molecular weight excluding hydrogens is 226 g/mol. The molecule has 1 saturated heterocycles. The molecule has 108 valence electrons. The van der Waals surface area contributed by atoms with E-state index in [-0.39, 0.29) is 0 Å². The summed E-state index contributed by atoms with van der Waals surface area (Å²) < 4.78 is 0. The summed E-state index contributed by atoms with van der Waals surface area (Å²) >= 11 is 0. The van der Waals surface area contributed by atoms with Crippen LogP contribution in [0.25, 0.3) is 0 Å². The molecule has 0 bridgehead atoms. The van der Waals surface area contributed by atoms with Crippen LogP contribution in [0.1, 0.15) is 40.0 Å². The average Bonchev–Trinajstić information content (AvgIpc) is 2.35. The van der Waals surface area contributed by atoms with Gasteiger partial charge in [0.2, 0.25) is 0 Å². The lowest BCUT2D eigenvalue weighted by atomic mass is 9.94. The third kappa shape index (κ3) is 4.19. The fourth-order valence-electron chi connectivity index (χ4n) is 2.75. The fourth-order valence-corrected chi connectivity index (χ4v) is 2.75. The van der Waals surface area contributed by atoms with Crippen molar-refractivity contribution in [3.63, 3.8) is 0 Å². The van der Waals surface area contributed by atoms with Gasteiger partial charge in [-0.3, -0.25) is 4.90 Å². The van der Waals surface area contributed by atoms with Crippen molar-refractivity contribution in [1.29, 1.82) is 0 Å². The van der Waals surface area contributed by atoms with Gasteiger partial charge in [0.05, 0.1) is 5.60 Å². The second-order valence-corrected chi connectivity index (χ2v) is 6.01. The summed E-state index contributed by atoms with van der Waals surface area (Å²) in [4.78, 5) is 4.96. The Morgan fingerprint density at radius 2 is 1.83 bits per heavy atom. The summed E-state index contributed by atoms with van der Waals surface area (Å²) in [6.07, 6.45) is 2.60. The molecule has 0 aromatic carbocycles. The second-order valence-electron chi connectivity index (χ2n) is 6.01. The lowest BCUT2D eigenvalue weighted by Crippen LogP contribution is -2.55. The first-order chi connectivity index (χ1) is 8.41. The topological polar surface area (TPSA) is 52.7 Å². The Morgan fingerprint density at radius 1 is 1.28 bits per heavy atom. The van der Waals surface area contributed by atoms with E-state index in [1.807, 2.05) is 6.92 Å². The molecule has 0 saturated carbocycles. The molecule has 1 heterocycles. The number of rotatable bonds is 6. The van der Waals surface area contributed by atoms with Crippen LogP contribution < -0.4 is 5.73 Å². The molecule has 0 aliphatic carbocycles. The smallest absolute Gasteiger partial charge is 0.0767 e. The van der Waals surface area contributed by atoms with E-state index < -0.39 is 5.60 Å². The predicted octanol–water partition coefficient (Wildman–Crippen LogP) is 0.891. The standard InChI is InChI=1S/C14H31N3O/c1-5-14(18,11-15)7-6-8-17-9-12(2)16(4)13(3)10-17/h12-13,18H,5-11,15H2,1-4H3. The van der Waals surface area contributed by atoms with E-state index in [1.54, 1.807) is 0 Å². The van der Waals surface area contributed by atoms with Crippen molar-refractivity contribution < 1.29 is 5.11 Å². The number of likely N-dealkylation sites (N-methyl/N-ethyl adjacent to an activating group) is 1. The van der Waals surface area contributed by atoms with Crippen LogP contribution in [0, 0.1) is 0 Å². The average molecular weight is 257 g/mol. The van der Waals surface area contributed by atoms with E-state index in [0.717, 1.165) is 38.9 Å². The minimum atomic E-state index is -0.649. The van der Waals surface area contributed by atoms with E-state index in [9.17, 15) is 5.11 Å². The van der Waals surface area contributed by atoms with E-state index in [0.29, 0.717) is 18.6 Å². The Labute approximate surface area is 112 Å². The molecule has 1 aliphatic heterocycles. The third-order valence-electron chi connectivity index (χ3n) is 4.59. The van der Waals surface area contributed by atoms with Gasteiger partial charge in [-0.1, -0.05) is 6.92 Å². The van der Waals surface area contributed by atoms with Crippen molar-refractivity contribution in [3.05, 3.63) is 0 Å². The van der Waals surface area contributed by atoms with Crippen LogP contribution in [0.3, 0.4) is 0 Å². The van der Waals surface area contributed by atoms with Crippen LogP contribution in [0.2, 0.25) is 0 Å². The quantitative estimate of drug-likeness (QED) is 0.742. The second kappa shape index (κ2) is 6.85. The van der Waals surface area contributed by atoms with Crippen LogP contribution >= 0.6 is 0 Å². The largest absolute Gasteiger partial charge is 0.389 e. The van der Waals surface area contributed by atoms with Gasteiger partial charge >= 0.3 is 0 Å². The molecule has 3 N–H and O–H groups in total. The highest BCUT2D eigenvalue weighted by Gasteiger charge is 2.27. The van der Waals surface area contributed by atoms with Gasteiger partial charge in [-0.15, -0.1) is 0 Å². The lowest BCUT2D eigenvalue weighted by molar-refractivity contribution is 0.0231. The van der Waals surface area contributed by atoms with Gasteiger partial charge in [0.15, 0.2) is 0 Å². The first-order valence-corrected chi connectivity index (χ1v) is 7.28. The molecule has 1 fully saturated rings. The summed E-state index contributed by atoms with van der Waals surface area (Å²) in [5.41, 5.74) is 4.98. The van der Waals surface area contributed by atoms with E-state index in [4.69, 9.17) is 5.73 Å². The minimum Gasteiger partial charge on any atom is -0.389 e. The number of aliphatic hydroxyl groups is 1. The van der Waals surface area contributed by atoms with Crippen LogP contribution in [0.4, 0.5) is 0 Å². The zero-order valence-corrected chi connectivity index (χ0v) is 12.5. The van der Waals surface area contributed by atoms with Crippen molar-refractivity contribution in [2.24, 2.45) is 5.73 Å². The van der Waals surface area contributed by atoms with Gasteiger partial charge < -0.3 is 15.7 Å². The van der Waals surface area contributed by atoms with Crippen LogP contribution in [-0.4, -0.2) is 65.8 Å². The first-order valence-electron chi connectivity index (χ1n) is 7.28. The zero-order chi connectivity index (χ0) is 13.8. The van der Waals surface area contributed by atoms with Gasteiger partial charge in [-0.25, -0.2) is 0 Å². The molecule has 3 atom stereocenters. The van der Waals surface area contributed by atoms with Crippen molar-refractivity contribution in [3.8, 4) is 0 Å². The van der Waals surface area contributed by atoms with Gasteiger partial charge in [-0.2, -0.15) is 0 Å². The van der Waals surface area contributed by atoms with Gasteiger partial charge in [0, 0.05) is 31.7 Å². The van der Waals surface area contributed by atoms with Crippen molar-refractivity contribution in [2.75, 3.05) is 33.2 Å². The maximum absolute atomic E-state index is 10.2. The number of hydrogen-bond acceptors (Lipinski definition) is 4. The monoisotopic (exact) mass is 257 g/mol. The Hall–Kier alpha value is -0.160. The molecule has 1 rings (SSSR count). The molecule has 4 nitrogen and oxygen atoms in total. The number of nitrogens with two attached hydrogens (primary N) is 1. The maximum atomic E-state index is 10.2. The zero-order valence-electron chi connectivity index (χ0n) is 12.5. The number of hydrogen-bond donors (Lipinski definition) is 2. The highest BCUT2D eigenvalue weighted by molar-refractivity contribution is 4.84. The Kier molecular flexibility index (Phi) is 6.05. The number of nitrogens with zero attached hydrogens (tertiary/aromatic N) is 2. The molecule has 0 spiro atoms. The van der Waals surface area contributed by atoms with Crippen molar-refractivity contribution in [1.82, 2.24) is 9.80 Å². The Balaban J connectivity index is 2.32. The molecule has 0 radical (unpaired) electrons. The van der Waals surface area contributed by atoms with Crippen LogP contribution in [0.5, 0.6) is 0 Å². The summed E-state index contributed by atoms with van der Waals surface area (Å²) in [5.74, 6) is 0. The molecule has 0 amide bonds. The van der Waals surface area contributed by atoms with Crippen LogP contribution in [-0.2, 0) is 0 Å². The lowest BCUT2D eigenvalue weighted by Gasteiger charge is -2.42. The van der Waals surface area contributed by atoms with Crippen molar-refractivity contribution in [2.45, 2.75) is 57.7 Å². The van der Waals surface area contributed by atoms with Gasteiger partial charge in [0.25, 0.3) is 0 Å². The van der Waals surface area contributed by atoms with E-state index >= 15 is 0 Å². The highest BCUT2D eigenvalue weighted by atomic mass is 16.3. The molecule has 0 aromatic rings. The predicted molar refractivity (Wildman–Crippen MR) is 76.7 cm³/mol. The number of piperazine rings is 1.